The van der Waals surface area contributed by atoms with Gasteiger partial charge in [0.1, 0.15) is 5.69 Å². The fourth-order valence-electron chi connectivity index (χ4n) is 3.65. The minimum absolute atomic E-state index is 0.0647. The van der Waals surface area contributed by atoms with Crippen LogP contribution in [0.2, 0.25) is 0 Å². The highest BCUT2D eigenvalue weighted by molar-refractivity contribution is 7.99. The molecular formula is C25H24N4O3S. The number of aromatic nitrogens is 3. The Labute approximate surface area is 195 Å². The third kappa shape index (κ3) is 4.61. The van der Waals surface area contributed by atoms with Crippen molar-refractivity contribution in [3.8, 4) is 5.69 Å². The van der Waals surface area contributed by atoms with E-state index in [1.165, 1.54) is 0 Å². The summed E-state index contributed by atoms with van der Waals surface area (Å²) >= 11 is 1.12. The van der Waals surface area contributed by atoms with Crippen LogP contribution in [0.25, 0.3) is 16.6 Å². The van der Waals surface area contributed by atoms with Gasteiger partial charge in [-0.3, -0.25) is 24.3 Å². The molecule has 0 radical (unpaired) electrons. The van der Waals surface area contributed by atoms with Gasteiger partial charge in [-0.05, 0) is 41.8 Å². The molecule has 4 rings (SSSR count). The summed E-state index contributed by atoms with van der Waals surface area (Å²) in [5.74, 6) is -0.812. The predicted molar refractivity (Wildman–Crippen MR) is 130 cm³/mol. The Morgan fingerprint density at radius 3 is 2.48 bits per heavy atom. The van der Waals surface area contributed by atoms with Gasteiger partial charge >= 0.3 is 0 Å². The second-order valence-electron chi connectivity index (χ2n) is 7.94. The van der Waals surface area contributed by atoms with Gasteiger partial charge in [-0.2, -0.15) is 0 Å². The molecule has 0 unspecified atom stereocenters. The number of amides is 2. The topological polar surface area (TPSA) is 86.0 Å². The number of aryl methyl sites for hydroxylation is 1. The molecule has 8 heteroatoms. The van der Waals surface area contributed by atoms with E-state index in [2.05, 4.69) is 24.1 Å². The van der Waals surface area contributed by atoms with Crippen LogP contribution in [0, 0.1) is 0 Å². The predicted octanol–water partition coefficient (Wildman–Crippen LogP) is 3.90. The summed E-state index contributed by atoms with van der Waals surface area (Å²) in [6.07, 6.45) is 1.73. The maximum atomic E-state index is 13.5. The molecule has 0 aliphatic carbocycles. The second-order valence-corrected chi connectivity index (χ2v) is 8.88. The van der Waals surface area contributed by atoms with Crippen molar-refractivity contribution in [1.82, 2.24) is 19.4 Å². The Morgan fingerprint density at radius 2 is 1.76 bits per heavy atom. The number of nitrogens with zero attached hydrogens (tertiary/aromatic N) is 3. The molecule has 2 aromatic carbocycles. The molecule has 0 saturated carbocycles. The first-order chi connectivity index (χ1) is 15.9. The molecule has 0 bridgehead atoms. The fourth-order valence-corrected chi connectivity index (χ4v) is 4.46. The maximum Gasteiger partial charge on any atom is 0.274 e. The molecule has 0 aliphatic rings. The number of imide groups is 1. The van der Waals surface area contributed by atoms with Crippen molar-refractivity contribution in [3.05, 3.63) is 88.5 Å². The third-order valence-electron chi connectivity index (χ3n) is 5.31. The normalized spacial score (nSPS) is 11.2. The Morgan fingerprint density at radius 1 is 1.03 bits per heavy atom. The quantitative estimate of drug-likeness (QED) is 0.348. The average molecular weight is 461 g/mol. The maximum absolute atomic E-state index is 13.5. The van der Waals surface area contributed by atoms with Gasteiger partial charge in [0.15, 0.2) is 5.16 Å². The molecule has 0 saturated heterocycles. The van der Waals surface area contributed by atoms with Gasteiger partial charge in [-0.1, -0.05) is 55.9 Å². The van der Waals surface area contributed by atoms with E-state index < -0.39 is 11.8 Å². The number of thioether (sulfide) groups is 1. The number of hydrogen-bond acceptors (Lipinski definition) is 5. The summed E-state index contributed by atoms with van der Waals surface area (Å²) in [5.41, 5.74) is 2.49. The van der Waals surface area contributed by atoms with Gasteiger partial charge in [0.2, 0.25) is 5.91 Å². The molecule has 33 heavy (non-hydrogen) atoms. The van der Waals surface area contributed by atoms with Crippen molar-refractivity contribution in [2.45, 2.75) is 24.9 Å². The van der Waals surface area contributed by atoms with Crippen LogP contribution in [-0.4, -0.2) is 31.7 Å². The number of para-hydroxylation sites is 2. The lowest BCUT2D eigenvalue weighted by molar-refractivity contribution is -0.117. The molecule has 0 spiro atoms. The minimum Gasteiger partial charge on any atom is -0.347 e. The molecule has 2 aromatic heterocycles. The molecule has 2 amide bonds. The van der Waals surface area contributed by atoms with Crippen molar-refractivity contribution < 1.29 is 9.59 Å². The zero-order valence-corrected chi connectivity index (χ0v) is 19.4. The summed E-state index contributed by atoms with van der Waals surface area (Å²) in [6, 6.07) is 18.2. The third-order valence-corrected chi connectivity index (χ3v) is 6.24. The van der Waals surface area contributed by atoms with Gasteiger partial charge in [-0.15, -0.1) is 0 Å². The van der Waals surface area contributed by atoms with Crippen LogP contribution in [0.3, 0.4) is 0 Å². The van der Waals surface area contributed by atoms with E-state index in [0.29, 0.717) is 21.8 Å². The highest BCUT2D eigenvalue weighted by atomic mass is 32.2. The van der Waals surface area contributed by atoms with E-state index >= 15 is 0 Å². The van der Waals surface area contributed by atoms with Gasteiger partial charge in [0, 0.05) is 13.2 Å². The zero-order valence-electron chi connectivity index (χ0n) is 18.6. The van der Waals surface area contributed by atoms with Gasteiger partial charge in [0.05, 0.1) is 22.3 Å². The Balaban J connectivity index is 1.69. The summed E-state index contributed by atoms with van der Waals surface area (Å²) < 4.78 is 3.20. The molecule has 0 fully saturated rings. The zero-order chi connectivity index (χ0) is 23.5. The van der Waals surface area contributed by atoms with Gasteiger partial charge < -0.3 is 4.57 Å². The van der Waals surface area contributed by atoms with Crippen molar-refractivity contribution in [2.75, 3.05) is 5.75 Å². The average Bonchev–Trinajstić information content (AvgIpc) is 3.24. The highest BCUT2D eigenvalue weighted by Crippen LogP contribution is 2.27. The molecule has 0 atom stereocenters. The standard InChI is InChI=1S/C25H24N4O3S/c1-16(2)17-9-5-7-12-20(17)29-24(32)18-10-4-6-11-19(18)26-25(29)33-15-22(30)27-23(31)21-13-8-14-28(21)3/h4-14,16H,15H2,1-3H3,(H,27,30,31). The summed E-state index contributed by atoms with van der Waals surface area (Å²) in [4.78, 5) is 43.1. The van der Waals surface area contributed by atoms with Crippen LogP contribution in [0.4, 0.5) is 0 Å². The Hall–Kier alpha value is -3.65. The van der Waals surface area contributed by atoms with Crippen molar-refractivity contribution in [2.24, 2.45) is 7.05 Å². The van der Waals surface area contributed by atoms with E-state index in [0.717, 1.165) is 23.0 Å². The molecule has 7 nitrogen and oxygen atoms in total. The first-order valence-electron chi connectivity index (χ1n) is 10.6. The number of carbonyl (C=O) groups excluding carboxylic acids is 2. The smallest absolute Gasteiger partial charge is 0.274 e. The van der Waals surface area contributed by atoms with Crippen LogP contribution >= 0.6 is 11.8 Å². The van der Waals surface area contributed by atoms with Crippen LogP contribution in [0.15, 0.2) is 76.8 Å². The summed E-state index contributed by atoms with van der Waals surface area (Å²) in [6.45, 7) is 4.13. The van der Waals surface area contributed by atoms with E-state index in [1.807, 2.05) is 30.3 Å². The van der Waals surface area contributed by atoms with Crippen molar-refractivity contribution in [3.63, 3.8) is 0 Å². The summed E-state index contributed by atoms with van der Waals surface area (Å²) in [7, 11) is 1.73. The van der Waals surface area contributed by atoms with Crippen molar-refractivity contribution in [1.29, 1.82) is 0 Å². The lowest BCUT2D eigenvalue weighted by Gasteiger charge is -2.18. The number of benzene rings is 2. The number of nitrogens with one attached hydrogen (secondary N) is 1. The van der Waals surface area contributed by atoms with E-state index in [4.69, 9.17) is 0 Å². The summed E-state index contributed by atoms with van der Waals surface area (Å²) in [5, 5.41) is 3.30. The van der Waals surface area contributed by atoms with E-state index in [-0.39, 0.29) is 17.2 Å². The van der Waals surface area contributed by atoms with Crippen LogP contribution < -0.4 is 10.9 Å². The molecule has 0 aliphatic heterocycles. The van der Waals surface area contributed by atoms with Crippen LogP contribution in [-0.2, 0) is 11.8 Å². The lowest BCUT2D eigenvalue weighted by atomic mass is 10.0. The molecule has 4 aromatic rings. The van der Waals surface area contributed by atoms with Crippen LogP contribution in [0.1, 0.15) is 35.8 Å². The van der Waals surface area contributed by atoms with Crippen molar-refractivity contribution >= 4 is 34.5 Å². The van der Waals surface area contributed by atoms with Gasteiger partial charge in [0.25, 0.3) is 11.5 Å². The molecule has 2 heterocycles. The molecular weight excluding hydrogens is 436 g/mol. The van der Waals surface area contributed by atoms with E-state index in [9.17, 15) is 14.4 Å². The first kappa shape index (κ1) is 22.5. The number of carbonyl (C=O) groups is 2. The molecule has 1 N–H and O–H groups in total. The molecule has 168 valence electrons. The SMILES string of the molecule is CC(C)c1ccccc1-n1c(SCC(=O)NC(=O)c2cccn2C)nc2ccccc2c1=O. The first-order valence-corrected chi connectivity index (χ1v) is 11.5. The lowest BCUT2D eigenvalue weighted by Crippen LogP contribution is -2.33. The monoisotopic (exact) mass is 460 g/mol. The number of fused-ring (bicyclic) bond motifs is 1. The highest BCUT2D eigenvalue weighted by Gasteiger charge is 2.19. The minimum atomic E-state index is -0.470. The van der Waals surface area contributed by atoms with Gasteiger partial charge in [-0.25, -0.2) is 4.98 Å². The Kier molecular flexibility index (Phi) is 6.46. The second kappa shape index (κ2) is 9.46. The fraction of sp³-hybridized carbons (Fsp3) is 0.200. The van der Waals surface area contributed by atoms with Crippen LogP contribution in [0.5, 0.6) is 0 Å². The largest absolute Gasteiger partial charge is 0.347 e. The Bertz CT molecular complexity index is 1400. The number of hydrogen-bond donors (Lipinski definition) is 1. The van der Waals surface area contributed by atoms with E-state index in [1.54, 1.807) is 52.7 Å². The number of rotatable bonds is 6.